The summed E-state index contributed by atoms with van der Waals surface area (Å²) in [6.07, 6.45) is 0.559. The topological polar surface area (TPSA) is 66.2 Å². The highest BCUT2D eigenvalue weighted by molar-refractivity contribution is 7.54. The molecule has 0 saturated heterocycles. The molecular formula is C19H32N3O3PSi. The molecule has 150 valence electrons. The highest BCUT2D eigenvalue weighted by atomic mass is 31.2. The Morgan fingerprint density at radius 1 is 1.07 bits per heavy atom. The molecule has 0 radical (unpaired) electrons. The van der Waals surface area contributed by atoms with Crippen LogP contribution in [0.15, 0.2) is 30.3 Å². The van der Waals surface area contributed by atoms with E-state index < -0.39 is 21.3 Å². The molecule has 6 nitrogen and oxygen atoms in total. The van der Waals surface area contributed by atoms with Crippen LogP contribution >= 0.6 is 7.60 Å². The molecule has 0 fully saturated rings. The summed E-state index contributed by atoms with van der Waals surface area (Å²) >= 11 is 0. The summed E-state index contributed by atoms with van der Waals surface area (Å²) in [6.45, 7) is 13.7. The van der Waals surface area contributed by atoms with Crippen molar-refractivity contribution in [3.8, 4) is 0 Å². The van der Waals surface area contributed by atoms with E-state index in [9.17, 15) is 4.57 Å². The lowest BCUT2D eigenvalue weighted by Crippen LogP contribution is -2.42. The van der Waals surface area contributed by atoms with Crippen molar-refractivity contribution in [3.63, 3.8) is 0 Å². The van der Waals surface area contributed by atoms with Crippen molar-refractivity contribution < 1.29 is 13.6 Å². The number of nitrogens with zero attached hydrogens (tertiary/aromatic N) is 3. The van der Waals surface area contributed by atoms with Gasteiger partial charge in [0.15, 0.2) is 0 Å². The summed E-state index contributed by atoms with van der Waals surface area (Å²) in [5.74, 6) is 0. The van der Waals surface area contributed by atoms with Crippen molar-refractivity contribution in [2.24, 2.45) is 0 Å². The van der Waals surface area contributed by atoms with Gasteiger partial charge in [-0.25, -0.2) is 4.68 Å². The smallest absolute Gasteiger partial charge is 0.308 e. The van der Waals surface area contributed by atoms with Crippen LogP contribution in [0.5, 0.6) is 0 Å². The summed E-state index contributed by atoms with van der Waals surface area (Å²) in [6, 6.07) is 10.1. The molecule has 0 aliphatic carbocycles. The average molecular weight is 410 g/mol. The molecule has 1 aromatic carbocycles. The molecule has 1 heterocycles. The fourth-order valence-corrected chi connectivity index (χ4v) is 6.87. The van der Waals surface area contributed by atoms with Crippen LogP contribution < -0.4 is 5.32 Å². The first kappa shape index (κ1) is 22.0. The minimum atomic E-state index is -3.40. The van der Waals surface area contributed by atoms with Crippen molar-refractivity contribution in [2.75, 3.05) is 13.2 Å². The molecular weight excluding hydrogens is 377 g/mol. The van der Waals surface area contributed by atoms with E-state index in [1.165, 1.54) is 0 Å². The molecule has 0 saturated carbocycles. The quantitative estimate of drug-likeness (QED) is 0.430. The number of benzene rings is 1. The van der Waals surface area contributed by atoms with E-state index in [4.69, 9.17) is 9.05 Å². The van der Waals surface area contributed by atoms with E-state index in [-0.39, 0.29) is 0 Å². The van der Waals surface area contributed by atoms with Gasteiger partial charge in [-0.1, -0.05) is 55.2 Å². The van der Waals surface area contributed by atoms with Crippen LogP contribution in [0.25, 0.3) is 0 Å². The van der Waals surface area contributed by atoms with E-state index in [0.29, 0.717) is 26.2 Å². The first-order valence-corrected chi connectivity index (χ1v) is 14.7. The highest BCUT2D eigenvalue weighted by Crippen LogP contribution is 2.61. The molecule has 8 heteroatoms. The van der Waals surface area contributed by atoms with Gasteiger partial charge in [0.05, 0.1) is 24.2 Å². The van der Waals surface area contributed by atoms with E-state index in [1.807, 2.05) is 55.8 Å². The number of rotatable bonds is 10. The molecule has 0 N–H and O–H groups in total. The van der Waals surface area contributed by atoms with Crippen LogP contribution in [0.1, 0.15) is 37.7 Å². The van der Waals surface area contributed by atoms with E-state index >= 15 is 0 Å². The van der Waals surface area contributed by atoms with Crippen LogP contribution in [0, 0.1) is 0 Å². The fraction of sp³-hybridized carbons (Fsp3) is 0.579. The van der Waals surface area contributed by atoms with Crippen LogP contribution in [0.2, 0.25) is 19.6 Å². The number of aryl methyl sites for hydroxylation is 1. The summed E-state index contributed by atoms with van der Waals surface area (Å²) in [7, 11) is -5.20. The maximum Gasteiger partial charge on any atom is 0.340 e. The Morgan fingerprint density at radius 2 is 1.67 bits per heavy atom. The molecule has 0 amide bonds. The van der Waals surface area contributed by atoms with Gasteiger partial charge in [-0.3, -0.25) is 4.57 Å². The summed E-state index contributed by atoms with van der Waals surface area (Å²) < 4.78 is 27.3. The third-order valence-electron chi connectivity index (χ3n) is 4.37. The second-order valence-electron chi connectivity index (χ2n) is 7.47. The molecule has 0 aliphatic rings. The van der Waals surface area contributed by atoms with Gasteiger partial charge in [-0.2, -0.15) is 0 Å². The molecule has 2 aromatic rings. The maximum atomic E-state index is 13.9. The average Bonchev–Trinajstić information content (AvgIpc) is 3.05. The van der Waals surface area contributed by atoms with Gasteiger partial charge in [-0.15, -0.1) is 5.10 Å². The lowest BCUT2D eigenvalue weighted by Gasteiger charge is -2.29. The van der Waals surface area contributed by atoms with E-state index in [0.717, 1.165) is 16.6 Å². The van der Waals surface area contributed by atoms with E-state index in [1.54, 1.807) is 0 Å². The normalized spacial score (nSPS) is 13.7. The third kappa shape index (κ3) is 5.16. The zero-order valence-electron chi connectivity index (χ0n) is 17.3. The van der Waals surface area contributed by atoms with E-state index in [2.05, 4.69) is 30.0 Å². The van der Waals surface area contributed by atoms with Crippen LogP contribution in [-0.2, 0) is 26.6 Å². The van der Waals surface area contributed by atoms with Gasteiger partial charge in [-0.05, 0) is 32.8 Å². The summed E-state index contributed by atoms with van der Waals surface area (Å²) in [5.41, 5.74) is 1.56. The Labute approximate surface area is 163 Å². The van der Waals surface area contributed by atoms with Crippen molar-refractivity contribution >= 4 is 21.0 Å². The Bertz CT molecular complexity index is 764. The maximum absolute atomic E-state index is 13.9. The first-order chi connectivity index (χ1) is 12.8. The minimum absolute atomic E-state index is 0.332. The molecule has 0 aliphatic heterocycles. The van der Waals surface area contributed by atoms with Crippen molar-refractivity contribution in [1.29, 1.82) is 0 Å². The number of aromatic nitrogens is 3. The monoisotopic (exact) mass is 409 g/mol. The molecule has 0 spiro atoms. The second-order valence-corrected chi connectivity index (χ2v) is 14.7. The molecule has 1 atom stereocenters. The highest BCUT2D eigenvalue weighted by Gasteiger charge is 2.43. The van der Waals surface area contributed by atoms with Gasteiger partial charge in [0.25, 0.3) is 0 Å². The first-order valence-electron chi connectivity index (χ1n) is 9.63. The van der Waals surface area contributed by atoms with Crippen molar-refractivity contribution in [1.82, 2.24) is 15.0 Å². The molecule has 27 heavy (non-hydrogen) atoms. The van der Waals surface area contributed by atoms with Gasteiger partial charge in [0, 0.05) is 6.54 Å². The fourth-order valence-electron chi connectivity index (χ4n) is 3.19. The molecule has 0 bridgehead atoms. The summed E-state index contributed by atoms with van der Waals surface area (Å²) in [5, 5.41) is 9.84. The van der Waals surface area contributed by atoms with Crippen molar-refractivity contribution in [2.45, 2.75) is 59.0 Å². The van der Waals surface area contributed by atoms with Crippen LogP contribution in [0.3, 0.4) is 0 Å². The van der Waals surface area contributed by atoms with Gasteiger partial charge < -0.3 is 9.05 Å². The largest absolute Gasteiger partial charge is 0.340 e. The van der Waals surface area contributed by atoms with Crippen molar-refractivity contribution in [3.05, 3.63) is 41.6 Å². The lowest BCUT2D eigenvalue weighted by atomic mass is 10.1. The Balaban J connectivity index is 2.66. The number of hydrogen-bond donors (Lipinski definition) is 0. The Hall–Kier alpha value is -1.27. The summed E-state index contributed by atoms with van der Waals surface area (Å²) in [4.78, 5) is 0. The molecule has 1 unspecified atom stereocenters. The van der Waals surface area contributed by atoms with Gasteiger partial charge in [0.1, 0.15) is 13.7 Å². The predicted octanol–water partition coefficient (Wildman–Crippen LogP) is 4.39. The second kappa shape index (κ2) is 9.28. The number of hydrogen-bond acceptors (Lipinski definition) is 5. The standard InChI is InChI=1S/C19H32N3O3PSi/c1-7-22-18(19(20-21-22)27(4,5)6)17(15-16-13-11-10-12-14-16)26(23,24-8-2)25-9-3/h10-14,17H,7-9,15H2,1-6H3. The zero-order chi connectivity index (χ0) is 20.1. The third-order valence-corrected chi connectivity index (χ3v) is 8.57. The van der Waals surface area contributed by atoms with Crippen LogP contribution in [0.4, 0.5) is 0 Å². The predicted molar refractivity (Wildman–Crippen MR) is 112 cm³/mol. The SMILES string of the molecule is CCOP(=O)(OCC)C(Cc1ccccc1)c1c([Si](C)(C)C)nnn1CC. The Morgan fingerprint density at radius 3 is 2.15 bits per heavy atom. The molecule has 2 rings (SSSR count). The van der Waals surface area contributed by atoms with Crippen LogP contribution in [-0.4, -0.2) is 36.3 Å². The lowest BCUT2D eigenvalue weighted by molar-refractivity contribution is 0.210. The van der Waals surface area contributed by atoms with Gasteiger partial charge >= 0.3 is 7.60 Å². The van der Waals surface area contributed by atoms with Gasteiger partial charge in [0.2, 0.25) is 0 Å². The minimum Gasteiger partial charge on any atom is -0.308 e. The Kier molecular flexibility index (Phi) is 7.57. The molecule has 1 aromatic heterocycles. The zero-order valence-corrected chi connectivity index (χ0v) is 19.2.